The second kappa shape index (κ2) is 9.56. The molecular weight excluding hydrogens is 282 g/mol. The smallest absolute Gasteiger partial charge is 0.234 e. The summed E-state index contributed by atoms with van der Waals surface area (Å²) in [5, 5.41) is 6.09. The van der Waals surface area contributed by atoms with Crippen molar-refractivity contribution in [1.29, 1.82) is 0 Å². The number of rotatable bonds is 8. The Balaban J connectivity index is 2.23. The van der Waals surface area contributed by atoms with Gasteiger partial charge >= 0.3 is 0 Å². The minimum Gasteiger partial charge on any atom is -0.352 e. The van der Waals surface area contributed by atoms with Crippen LogP contribution in [0.5, 0.6) is 0 Å². The molecule has 0 bridgehead atoms. The average molecular weight is 311 g/mol. The molecule has 0 aromatic rings. The fraction of sp³-hybridized carbons (Fsp3) is 0.812. The van der Waals surface area contributed by atoms with Crippen molar-refractivity contribution in [3.8, 4) is 0 Å². The quantitative estimate of drug-likeness (QED) is 0.696. The molecule has 1 heterocycles. The first-order chi connectivity index (χ1) is 10.4. The van der Waals surface area contributed by atoms with Crippen molar-refractivity contribution in [1.82, 2.24) is 15.5 Å². The number of piperidine rings is 1. The van der Waals surface area contributed by atoms with E-state index in [1.807, 2.05) is 20.8 Å². The van der Waals surface area contributed by atoms with Gasteiger partial charge in [0.05, 0.1) is 6.54 Å². The van der Waals surface area contributed by atoms with Crippen LogP contribution in [0, 0.1) is 0 Å². The summed E-state index contributed by atoms with van der Waals surface area (Å²) in [6.45, 7) is 7.45. The summed E-state index contributed by atoms with van der Waals surface area (Å²) in [5.41, 5.74) is 0. The monoisotopic (exact) mass is 311 g/mol. The molecule has 1 fully saturated rings. The molecule has 126 valence electrons. The lowest BCUT2D eigenvalue weighted by atomic mass is 10.0. The van der Waals surface area contributed by atoms with Gasteiger partial charge in [0.25, 0.3) is 0 Å². The van der Waals surface area contributed by atoms with E-state index in [2.05, 4.69) is 10.6 Å². The van der Waals surface area contributed by atoms with Crippen molar-refractivity contribution in [3.63, 3.8) is 0 Å². The maximum Gasteiger partial charge on any atom is 0.234 e. The minimum absolute atomic E-state index is 0.00650. The molecule has 0 radical (unpaired) electrons. The average Bonchev–Trinajstić information content (AvgIpc) is 2.51. The summed E-state index contributed by atoms with van der Waals surface area (Å²) in [5.74, 6) is 0.188. The summed E-state index contributed by atoms with van der Waals surface area (Å²) < 4.78 is 0. The summed E-state index contributed by atoms with van der Waals surface area (Å²) in [6, 6.07) is 0.429. The molecule has 0 aromatic carbocycles. The van der Waals surface area contributed by atoms with Gasteiger partial charge in [0.15, 0.2) is 0 Å². The molecule has 1 rings (SSSR count). The lowest BCUT2D eigenvalue weighted by Gasteiger charge is -2.32. The van der Waals surface area contributed by atoms with E-state index in [4.69, 9.17) is 0 Å². The van der Waals surface area contributed by atoms with Crippen LogP contribution in [0.3, 0.4) is 0 Å². The summed E-state index contributed by atoms with van der Waals surface area (Å²) in [4.78, 5) is 36.8. The third kappa shape index (κ3) is 7.02. The molecule has 1 aliphatic rings. The van der Waals surface area contributed by atoms with Crippen LogP contribution in [-0.4, -0.2) is 54.2 Å². The van der Waals surface area contributed by atoms with E-state index in [0.717, 1.165) is 12.8 Å². The van der Waals surface area contributed by atoms with E-state index in [9.17, 15) is 14.4 Å². The van der Waals surface area contributed by atoms with Crippen molar-refractivity contribution in [2.75, 3.05) is 19.6 Å². The first kappa shape index (κ1) is 18.6. The van der Waals surface area contributed by atoms with Gasteiger partial charge in [-0.25, -0.2) is 0 Å². The van der Waals surface area contributed by atoms with Gasteiger partial charge in [-0.15, -0.1) is 0 Å². The third-order valence-electron chi connectivity index (χ3n) is 3.90. The Kier molecular flexibility index (Phi) is 8.09. The van der Waals surface area contributed by atoms with Crippen LogP contribution in [0.1, 0.15) is 52.9 Å². The van der Waals surface area contributed by atoms with Gasteiger partial charge < -0.3 is 15.5 Å². The normalized spacial score (nSPS) is 15.9. The Morgan fingerprint density at radius 3 is 2.32 bits per heavy atom. The number of carbonyl (C=O) groups excluding carboxylic acids is 3. The molecule has 2 amide bonds. The van der Waals surface area contributed by atoms with Crippen LogP contribution < -0.4 is 10.6 Å². The first-order valence-corrected chi connectivity index (χ1v) is 8.24. The van der Waals surface area contributed by atoms with Crippen molar-refractivity contribution in [2.24, 2.45) is 0 Å². The Morgan fingerprint density at radius 1 is 1.14 bits per heavy atom. The molecule has 1 aliphatic heterocycles. The summed E-state index contributed by atoms with van der Waals surface area (Å²) >= 11 is 0. The molecule has 0 saturated carbocycles. The van der Waals surface area contributed by atoms with Gasteiger partial charge in [-0.3, -0.25) is 14.4 Å². The maximum atomic E-state index is 12.0. The largest absolute Gasteiger partial charge is 0.352 e. The number of hydrogen-bond acceptors (Lipinski definition) is 4. The molecule has 0 aromatic heterocycles. The van der Waals surface area contributed by atoms with Crippen LogP contribution >= 0.6 is 0 Å². The van der Waals surface area contributed by atoms with Crippen molar-refractivity contribution >= 4 is 17.6 Å². The van der Waals surface area contributed by atoms with Crippen molar-refractivity contribution in [3.05, 3.63) is 0 Å². The third-order valence-corrected chi connectivity index (χ3v) is 3.90. The van der Waals surface area contributed by atoms with Crippen LogP contribution in [-0.2, 0) is 14.4 Å². The predicted molar refractivity (Wildman–Crippen MR) is 85.4 cm³/mol. The van der Waals surface area contributed by atoms with Crippen molar-refractivity contribution in [2.45, 2.75) is 65.0 Å². The highest BCUT2D eigenvalue weighted by atomic mass is 16.2. The molecule has 6 heteroatoms. The van der Waals surface area contributed by atoms with E-state index in [1.165, 1.54) is 0 Å². The molecule has 0 spiro atoms. The van der Waals surface area contributed by atoms with E-state index < -0.39 is 0 Å². The molecule has 22 heavy (non-hydrogen) atoms. The Labute approximate surface area is 133 Å². The standard InChI is InChI=1S/C16H29N3O3/c1-4-14(20)5-6-16(22)19-9-7-13(8-10-19)18-15(21)11-17-12(2)3/h12-13,17H,4-11H2,1-3H3,(H,18,21). The summed E-state index contributed by atoms with van der Waals surface area (Å²) in [6.07, 6.45) is 2.70. The van der Waals surface area contributed by atoms with E-state index in [0.29, 0.717) is 38.9 Å². The predicted octanol–water partition coefficient (Wildman–Crippen LogP) is 0.851. The van der Waals surface area contributed by atoms with Gasteiger partial charge in [-0.05, 0) is 12.8 Å². The lowest BCUT2D eigenvalue weighted by Crippen LogP contribution is -2.48. The van der Waals surface area contributed by atoms with E-state index in [-0.39, 0.29) is 29.7 Å². The highest BCUT2D eigenvalue weighted by molar-refractivity contribution is 5.84. The number of hydrogen-bond donors (Lipinski definition) is 2. The molecule has 0 atom stereocenters. The molecule has 0 unspecified atom stereocenters. The highest BCUT2D eigenvalue weighted by Crippen LogP contribution is 2.12. The van der Waals surface area contributed by atoms with Crippen LogP contribution in [0.25, 0.3) is 0 Å². The van der Waals surface area contributed by atoms with E-state index >= 15 is 0 Å². The molecular formula is C16H29N3O3. The van der Waals surface area contributed by atoms with Gasteiger partial charge in [-0.1, -0.05) is 20.8 Å². The molecule has 6 nitrogen and oxygen atoms in total. The van der Waals surface area contributed by atoms with Gasteiger partial charge in [0.2, 0.25) is 11.8 Å². The second-order valence-corrected chi connectivity index (χ2v) is 6.15. The molecule has 2 N–H and O–H groups in total. The van der Waals surface area contributed by atoms with Crippen LogP contribution in [0.15, 0.2) is 0 Å². The number of nitrogens with zero attached hydrogens (tertiary/aromatic N) is 1. The molecule has 0 aliphatic carbocycles. The van der Waals surface area contributed by atoms with Gasteiger partial charge in [-0.2, -0.15) is 0 Å². The second-order valence-electron chi connectivity index (χ2n) is 6.15. The zero-order valence-corrected chi connectivity index (χ0v) is 14.0. The highest BCUT2D eigenvalue weighted by Gasteiger charge is 2.23. The van der Waals surface area contributed by atoms with Gasteiger partial charge in [0, 0.05) is 44.4 Å². The number of carbonyl (C=O) groups is 3. The number of nitrogens with one attached hydrogen (secondary N) is 2. The fourth-order valence-corrected chi connectivity index (χ4v) is 2.43. The van der Waals surface area contributed by atoms with E-state index in [1.54, 1.807) is 4.90 Å². The Bertz CT molecular complexity index is 388. The number of likely N-dealkylation sites (tertiary alicyclic amines) is 1. The SMILES string of the molecule is CCC(=O)CCC(=O)N1CCC(NC(=O)CNC(C)C)CC1. The first-order valence-electron chi connectivity index (χ1n) is 8.24. The number of Topliss-reactive ketones (excluding diaryl/α,β-unsaturated/α-hetero) is 1. The zero-order chi connectivity index (χ0) is 16.5. The van der Waals surface area contributed by atoms with Crippen LogP contribution in [0.2, 0.25) is 0 Å². The summed E-state index contributed by atoms with van der Waals surface area (Å²) in [7, 11) is 0. The molecule has 1 saturated heterocycles. The van der Waals surface area contributed by atoms with Crippen LogP contribution in [0.4, 0.5) is 0 Å². The maximum absolute atomic E-state index is 12.0. The minimum atomic E-state index is 0.00650. The van der Waals surface area contributed by atoms with Gasteiger partial charge in [0.1, 0.15) is 5.78 Å². The van der Waals surface area contributed by atoms with Crippen molar-refractivity contribution < 1.29 is 14.4 Å². The fourth-order valence-electron chi connectivity index (χ4n) is 2.43. The number of amides is 2. The number of ketones is 1. The lowest BCUT2D eigenvalue weighted by molar-refractivity contribution is -0.134. The Morgan fingerprint density at radius 2 is 1.77 bits per heavy atom. The zero-order valence-electron chi connectivity index (χ0n) is 14.0. The topological polar surface area (TPSA) is 78.5 Å². The Hall–Kier alpha value is -1.43.